The van der Waals surface area contributed by atoms with Crippen molar-refractivity contribution < 1.29 is 19.5 Å². The van der Waals surface area contributed by atoms with E-state index in [0.29, 0.717) is 0 Å². The number of hydrogen-bond acceptors (Lipinski definition) is 5. The number of nitrogens with one attached hydrogen (secondary N) is 1. The lowest BCUT2D eigenvalue weighted by molar-refractivity contribution is -0.154. The number of amidine groups is 1. The van der Waals surface area contributed by atoms with Gasteiger partial charge < -0.3 is 15.3 Å². The van der Waals surface area contributed by atoms with Crippen molar-refractivity contribution in [3.8, 4) is 0 Å². The van der Waals surface area contributed by atoms with Crippen molar-refractivity contribution in [1.82, 2.24) is 10.2 Å². The van der Waals surface area contributed by atoms with E-state index in [2.05, 4.69) is 10.5 Å². The Morgan fingerprint density at radius 1 is 1.67 bits per heavy atom. The Hall–Kier alpha value is -1.63. The first-order valence-corrected chi connectivity index (χ1v) is 4.39. The van der Waals surface area contributed by atoms with Crippen molar-refractivity contribution in [3.05, 3.63) is 0 Å². The summed E-state index contributed by atoms with van der Waals surface area (Å²) in [7, 11) is 2.84. The van der Waals surface area contributed by atoms with Gasteiger partial charge in [0.2, 0.25) is 6.10 Å². The lowest BCUT2D eigenvalue weighted by Crippen LogP contribution is -2.57. The fraction of sp³-hybridized carbons (Fsp3) is 0.625. The highest BCUT2D eigenvalue weighted by molar-refractivity contribution is 6.12. The third kappa shape index (κ3) is 1.91. The molecule has 1 rings (SSSR count). The van der Waals surface area contributed by atoms with E-state index in [4.69, 9.17) is 9.94 Å². The zero-order valence-corrected chi connectivity index (χ0v) is 8.72. The minimum atomic E-state index is -1.18. The fourth-order valence-electron chi connectivity index (χ4n) is 1.34. The number of nitrogens with zero attached hydrogens (tertiary/aromatic N) is 2. The maximum Gasteiger partial charge on any atom is 0.266 e. The molecule has 2 atom stereocenters. The molecule has 7 heteroatoms. The van der Waals surface area contributed by atoms with Crippen LogP contribution < -0.4 is 5.32 Å². The molecule has 1 heterocycles. The number of ether oxygens (including phenoxy) is 1. The summed E-state index contributed by atoms with van der Waals surface area (Å²) in [5, 5.41) is 13.9. The van der Waals surface area contributed by atoms with Gasteiger partial charge in [0.15, 0.2) is 5.84 Å². The number of carbonyl (C=O) groups excluding carboxylic acids is 2. The van der Waals surface area contributed by atoms with Gasteiger partial charge in [0.1, 0.15) is 6.10 Å². The number of carbonyl (C=O) groups is 2. The van der Waals surface area contributed by atoms with Crippen LogP contribution in [0.15, 0.2) is 5.16 Å². The Kier molecular flexibility index (Phi) is 3.25. The fourth-order valence-corrected chi connectivity index (χ4v) is 1.34. The minimum absolute atomic E-state index is 0.0835. The molecular formula is C8H13N3O4. The summed E-state index contributed by atoms with van der Waals surface area (Å²) < 4.78 is 5.13. The van der Waals surface area contributed by atoms with Gasteiger partial charge >= 0.3 is 0 Å². The highest BCUT2D eigenvalue weighted by Gasteiger charge is 2.40. The molecule has 2 unspecified atom stereocenters. The maximum absolute atomic E-state index is 11.6. The van der Waals surface area contributed by atoms with Crippen molar-refractivity contribution in [2.75, 3.05) is 14.1 Å². The molecule has 0 spiro atoms. The van der Waals surface area contributed by atoms with Crippen LogP contribution in [0.2, 0.25) is 0 Å². The summed E-state index contributed by atoms with van der Waals surface area (Å²) >= 11 is 0. The molecular weight excluding hydrogens is 202 g/mol. The van der Waals surface area contributed by atoms with Crippen molar-refractivity contribution in [1.29, 1.82) is 0 Å². The van der Waals surface area contributed by atoms with Crippen LogP contribution in [0.5, 0.6) is 0 Å². The van der Waals surface area contributed by atoms with Gasteiger partial charge in [-0.15, -0.1) is 0 Å². The summed E-state index contributed by atoms with van der Waals surface area (Å²) in [5.41, 5.74) is 0. The molecule has 2 N–H and O–H groups in total. The third-order valence-corrected chi connectivity index (χ3v) is 2.19. The first-order valence-electron chi connectivity index (χ1n) is 4.39. The number of hydrogen-bond donors (Lipinski definition) is 2. The largest absolute Gasteiger partial charge is 0.409 e. The summed E-state index contributed by atoms with van der Waals surface area (Å²) in [6.07, 6.45) is -1.79. The van der Waals surface area contributed by atoms with Gasteiger partial charge in [-0.05, 0) is 6.92 Å². The van der Waals surface area contributed by atoms with Crippen LogP contribution in [0, 0.1) is 0 Å². The topological polar surface area (TPSA) is 91.2 Å². The van der Waals surface area contributed by atoms with Crippen molar-refractivity contribution in [3.63, 3.8) is 0 Å². The molecule has 0 aliphatic carbocycles. The molecule has 0 aromatic heterocycles. The van der Waals surface area contributed by atoms with E-state index in [0.717, 1.165) is 4.90 Å². The maximum atomic E-state index is 11.6. The van der Waals surface area contributed by atoms with E-state index >= 15 is 0 Å². The van der Waals surface area contributed by atoms with E-state index in [9.17, 15) is 9.59 Å². The average Bonchev–Trinajstić information content (AvgIpc) is 2.23. The van der Waals surface area contributed by atoms with Crippen LogP contribution in [-0.4, -0.2) is 54.1 Å². The lowest BCUT2D eigenvalue weighted by Gasteiger charge is -2.32. The molecule has 1 aliphatic rings. The second-order valence-corrected chi connectivity index (χ2v) is 3.13. The highest BCUT2D eigenvalue weighted by Crippen LogP contribution is 2.13. The standard InChI is InChI=1S/C8H13N3O4/c1-4-6(10-14)11(3)8(13)5(15-4)7(12)9-2/h4-5,14H,1-3H3,(H,9,12). The van der Waals surface area contributed by atoms with Crippen LogP contribution in [0.25, 0.3) is 0 Å². The molecule has 2 amide bonds. The predicted octanol–water partition coefficient (Wildman–Crippen LogP) is -1.23. The Morgan fingerprint density at radius 2 is 2.27 bits per heavy atom. The zero-order valence-electron chi connectivity index (χ0n) is 8.72. The Balaban J connectivity index is 2.92. The second kappa shape index (κ2) is 4.26. The molecule has 0 saturated carbocycles. The third-order valence-electron chi connectivity index (χ3n) is 2.19. The Labute approximate surface area is 86.7 Å². The first-order chi connectivity index (χ1) is 7.02. The first kappa shape index (κ1) is 11.4. The molecule has 1 fully saturated rings. The molecule has 15 heavy (non-hydrogen) atoms. The van der Waals surface area contributed by atoms with Crippen LogP contribution in [0.3, 0.4) is 0 Å². The summed E-state index contributed by atoms with van der Waals surface area (Å²) in [4.78, 5) is 24.0. The van der Waals surface area contributed by atoms with Gasteiger partial charge in [0, 0.05) is 14.1 Å². The number of morpholine rings is 1. The van der Waals surface area contributed by atoms with E-state index in [1.807, 2.05) is 0 Å². The number of amides is 2. The van der Waals surface area contributed by atoms with Crippen molar-refractivity contribution in [2.45, 2.75) is 19.1 Å². The van der Waals surface area contributed by atoms with Gasteiger partial charge in [-0.25, -0.2) is 0 Å². The molecule has 0 aromatic carbocycles. The quantitative estimate of drug-likeness (QED) is 0.325. The number of rotatable bonds is 1. The van der Waals surface area contributed by atoms with Gasteiger partial charge in [-0.1, -0.05) is 5.16 Å². The van der Waals surface area contributed by atoms with Gasteiger partial charge in [0.25, 0.3) is 11.8 Å². The lowest BCUT2D eigenvalue weighted by atomic mass is 10.2. The average molecular weight is 215 g/mol. The SMILES string of the molecule is CNC(=O)C1OC(C)C(=NO)N(C)C1=O. The predicted molar refractivity (Wildman–Crippen MR) is 50.4 cm³/mol. The van der Waals surface area contributed by atoms with Gasteiger partial charge in [-0.2, -0.15) is 0 Å². The van der Waals surface area contributed by atoms with E-state index in [1.54, 1.807) is 6.92 Å². The monoisotopic (exact) mass is 215 g/mol. The normalized spacial score (nSPS) is 29.4. The van der Waals surface area contributed by atoms with E-state index in [1.165, 1.54) is 14.1 Å². The van der Waals surface area contributed by atoms with Crippen molar-refractivity contribution >= 4 is 17.6 Å². The second-order valence-electron chi connectivity index (χ2n) is 3.13. The van der Waals surface area contributed by atoms with Crippen LogP contribution in [0.4, 0.5) is 0 Å². The number of oxime groups is 1. The highest BCUT2D eigenvalue weighted by atomic mass is 16.5. The van der Waals surface area contributed by atoms with E-state index < -0.39 is 24.0 Å². The van der Waals surface area contributed by atoms with Crippen LogP contribution in [-0.2, 0) is 14.3 Å². The summed E-state index contributed by atoms with van der Waals surface area (Å²) in [5.74, 6) is -0.990. The Bertz CT molecular complexity index is 315. The number of likely N-dealkylation sites (N-methyl/N-ethyl adjacent to an activating group) is 2. The van der Waals surface area contributed by atoms with Crippen LogP contribution in [0.1, 0.15) is 6.92 Å². The van der Waals surface area contributed by atoms with E-state index in [-0.39, 0.29) is 5.84 Å². The van der Waals surface area contributed by atoms with Gasteiger partial charge in [-0.3, -0.25) is 14.5 Å². The molecule has 0 aromatic rings. The molecule has 0 radical (unpaired) electrons. The molecule has 1 saturated heterocycles. The molecule has 1 aliphatic heterocycles. The minimum Gasteiger partial charge on any atom is -0.409 e. The smallest absolute Gasteiger partial charge is 0.266 e. The Morgan fingerprint density at radius 3 is 2.73 bits per heavy atom. The zero-order chi connectivity index (χ0) is 11.6. The summed E-state index contributed by atoms with van der Waals surface area (Å²) in [6, 6.07) is 0. The molecule has 84 valence electrons. The van der Waals surface area contributed by atoms with Gasteiger partial charge in [0.05, 0.1) is 0 Å². The van der Waals surface area contributed by atoms with Crippen molar-refractivity contribution in [2.24, 2.45) is 5.16 Å². The van der Waals surface area contributed by atoms with Crippen LogP contribution >= 0.6 is 0 Å². The molecule has 7 nitrogen and oxygen atoms in total. The summed E-state index contributed by atoms with van der Waals surface area (Å²) in [6.45, 7) is 1.59. The molecule has 0 bridgehead atoms.